The minimum Gasteiger partial charge on any atom is -0.490 e. The Kier molecular flexibility index (Phi) is 5.02. The van der Waals surface area contributed by atoms with Crippen LogP contribution in [0.4, 0.5) is 0 Å². The molecule has 0 heterocycles. The number of methoxy groups -OCH3 is 1. The summed E-state index contributed by atoms with van der Waals surface area (Å²) in [5.74, 6) is 0.915. The summed E-state index contributed by atoms with van der Waals surface area (Å²) >= 11 is 0. The van der Waals surface area contributed by atoms with E-state index < -0.39 is 0 Å². The van der Waals surface area contributed by atoms with Crippen LogP contribution in [0.15, 0.2) is 24.3 Å². The highest BCUT2D eigenvalue weighted by Crippen LogP contribution is 2.25. The molecule has 1 aromatic carbocycles. The number of aliphatic hydroxyl groups is 1. The number of benzene rings is 1. The predicted octanol–water partition coefficient (Wildman–Crippen LogP) is 2.56. The lowest BCUT2D eigenvalue weighted by Crippen LogP contribution is -2.29. The van der Waals surface area contributed by atoms with Crippen LogP contribution in [0.5, 0.6) is 5.75 Å². The van der Waals surface area contributed by atoms with Gasteiger partial charge in [-0.2, -0.15) is 0 Å². The molecule has 1 aliphatic rings. The van der Waals surface area contributed by atoms with Gasteiger partial charge >= 0.3 is 0 Å². The van der Waals surface area contributed by atoms with E-state index in [9.17, 15) is 0 Å². The Hall–Kier alpha value is -1.06. The summed E-state index contributed by atoms with van der Waals surface area (Å²) in [7, 11) is 1.77. The van der Waals surface area contributed by atoms with Crippen LogP contribution >= 0.6 is 0 Å². The highest BCUT2D eigenvalue weighted by atomic mass is 16.5. The summed E-state index contributed by atoms with van der Waals surface area (Å²) in [5.41, 5.74) is 1.14. The van der Waals surface area contributed by atoms with Gasteiger partial charge in [0.15, 0.2) is 0 Å². The summed E-state index contributed by atoms with van der Waals surface area (Å²) in [4.78, 5) is 0. The lowest BCUT2D eigenvalue weighted by molar-refractivity contribution is 0.0209. The van der Waals surface area contributed by atoms with Crippen LogP contribution in [0.25, 0.3) is 0 Å². The summed E-state index contributed by atoms with van der Waals surface area (Å²) in [6.45, 7) is 0.193. The van der Waals surface area contributed by atoms with Gasteiger partial charge in [0.25, 0.3) is 0 Å². The molecule has 2 atom stereocenters. The molecule has 1 N–H and O–H groups in total. The van der Waals surface area contributed by atoms with Crippen LogP contribution < -0.4 is 4.74 Å². The zero-order valence-corrected chi connectivity index (χ0v) is 11.0. The van der Waals surface area contributed by atoms with E-state index in [0.717, 1.165) is 30.6 Å². The van der Waals surface area contributed by atoms with Gasteiger partial charge in [0.2, 0.25) is 0 Å². The zero-order chi connectivity index (χ0) is 12.8. The molecule has 0 aromatic heterocycles. The maximum absolute atomic E-state index is 8.86. The first-order valence-corrected chi connectivity index (χ1v) is 6.71. The molecular formula is C15H22O3. The van der Waals surface area contributed by atoms with Gasteiger partial charge in [0.05, 0.1) is 6.10 Å². The standard InChI is InChI=1S/C15H22O3/c1-17-14-3-2-4-15(11-14)18-13-7-5-12(6-8-13)9-10-16/h5-8,14-16H,2-4,9-11H2,1H3. The average Bonchev–Trinajstić information content (AvgIpc) is 2.42. The lowest BCUT2D eigenvalue weighted by atomic mass is 9.95. The minimum absolute atomic E-state index is 0.193. The van der Waals surface area contributed by atoms with Crippen molar-refractivity contribution in [3.05, 3.63) is 29.8 Å². The van der Waals surface area contributed by atoms with Crippen molar-refractivity contribution in [1.82, 2.24) is 0 Å². The van der Waals surface area contributed by atoms with Gasteiger partial charge in [0, 0.05) is 20.1 Å². The summed E-state index contributed by atoms with van der Waals surface area (Å²) in [6.07, 6.45) is 5.73. The van der Waals surface area contributed by atoms with Crippen molar-refractivity contribution in [1.29, 1.82) is 0 Å². The fourth-order valence-electron chi connectivity index (χ4n) is 2.48. The molecule has 0 saturated heterocycles. The SMILES string of the molecule is COC1CCCC(Oc2ccc(CCO)cc2)C1. The number of aliphatic hydroxyl groups excluding tert-OH is 1. The second-order valence-electron chi connectivity index (χ2n) is 4.88. The second kappa shape index (κ2) is 6.76. The fourth-order valence-corrected chi connectivity index (χ4v) is 2.48. The molecule has 1 fully saturated rings. The molecule has 2 unspecified atom stereocenters. The highest BCUT2D eigenvalue weighted by molar-refractivity contribution is 5.27. The zero-order valence-electron chi connectivity index (χ0n) is 11.0. The topological polar surface area (TPSA) is 38.7 Å². The van der Waals surface area contributed by atoms with Crippen LogP contribution in [0.1, 0.15) is 31.2 Å². The van der Waals surface area contributed by atoms with Crippen LogP contribution in [0.2, 0.25) is 0 Å². The molecule has 0 spiro atoms. The number of hydrogen-bond donors (Lipinski definition) is 1. The van der Waals surface area contributed by atoms with Crippen LogP contribution in [0.3, 0.4) is 0 Å². The van der Waals surface area contributed by atoms with Gasteiger partial charge in [-0.25, -0.2) is 0 Å². The van der Waals surface area contributed by atoms with Gasteiger partial charge in [-0.3, -0.25) is 0 Å². The van der Waals surface area contributed by atoms with Crippen molar-refractivity contribution in [2.24, 2.45) is 0 Å². The second-order valence-corrected chi connectivity index (χ2v) is 4.88. The van der Waals surface area contributed by atoms with E-state index in [0.29, 0.717) is 12.5 Å². The van der Waals surface area contributed by atoms with E-state index in [-0.39, 0.29) is 12.7 Å². The molecule has 0 radical (unpaired) electrons. The summed E-state index contributed by atoms with van der Waals surface area (Å²) in [5, 5.41) is 8.86. The molecule has 18 heavy (non-hydrogen) atoms. The van der Waals surface area contributed by atoms with E-state index in [2.05, 4.69) is 0 Å². The molecule has 3 nitrogen and oxygen atoms in total. The summed E-state index contributed by atoms with van der Waals surface area (Å²) in [6, 6.07) is 8.01. The Morgan fingerprint density at radius 1 is 1.17 bits per heavy atom. The Morgan fingerprint density at radius 3 is 2.56 bits per heavy atom. The van der Waals surface area contributed by atoms with E-state index in [1.165, 1.54) is 6.42 Å². The molecule has 1 saturated carbocycles. The van der Waals surface area contributed by atoms with Gasteiger partial charge in [-0.1, -0.05) is 12.1 Å². The molecule has 2 rings (SSSR count). The fraction of sp³-hybridized carbons (Fsp3) is 0.600. The van der Waals surface area contributed by atoms with Gasteiger partial charge < -0.3 is 14.6 Å². The largest absolute Gasteiger partial charge is 0.490 e. The molecule has 3 heteroatoms. The van der Waals surface area contributed by atoms with Crippen molar-refractivity contribution < 1.29 is 14.6 Å². The van der Waals surface area contributed by atoms with Gasteiger partial charge in [0.1, 0.15) is 11.9 Å². The monoisotopic (exact) mass is 250 g/mol. The first-order chi connectivity index (χ1) is 8.81. The Morgan fingerprint density at radius 2 is 1.89 bits per heavy atom. The quantitative estimate of drug-likeness (QED) is 0.873. The molecule has 100 valence electrons. The van der Waals surface area contributed by atoms with E-state index in [4.69, 9.17) is 14.6 Å². The summed E-state index contributed by atoms with van der Waals surface area (Å²) < 4.78 is 11.4. The molecule has 1 aliphatic carbocycles. The van der Waals surface area contributed by atoms with Crippen LogP contribution in [0, 0.1) is 0 Å². The Balaban J connectivity index is 1.88. The third-order valence-electron chi connectivity index (χ3n) is 3.54. The first-order valence-electron chi connectivity index (χ1n) is 6.71. The van der Waals surface area contributed by atoms with Crippen molar-refractivity contribution in [2.75, 3.05) is 13.7 Å². The van der Waals surface area contributed by atoms with Crippen LogP contribution in [-0.4, -0.2) is 31.0 Å². The van der Waals surface area contributed by atoms with E-state index in [1.54, 1.807) is 7.11 Å². The third kappa shape index (κ3) is 3.72. The molecule has 0 amide bonds. The number of ether oxygens (including phenoxy) is 2. The molecular weight excluding hydrogens is 228 g/mol. The lowest BCUT2D eigenvalue weighted by Gasteiger charge is -2.28. The Bertz CT molecular complexity index is 347. The molecule has 0 bridgehead atoms. The molecule has 1 aromatic rings. The average molecular weight is 250 g/mol. The number of rotatable bonds is 5. The third-order valence-corrected chi connectivity index (χ3v) is 3.54. The van der Waals surface area contributed by atoms with E-state index >= 15 is 0 Å². The van der Waals surface area contributed by atoms with Gasteiger partial charge in [-0.15, -0.1) is 0 Å². The highest BCUT2D eigenvalue weighted by Gasteiger charge is 2.22. The molecule has 0 aliphatic heterocycles. The van der Waals surface area contributed by atoms with Gasteiger partial charge in [-0.05, 0) is 43.4 Å². The van der Waals surface area contributed by atoms with Crippen molar-refractivity contribution in [2.45, 2.75) is 44.3 Å². The van der Waals surface area contributed by atoms with E-state index in [1.807, 2.05) is 24.3 Å². The van der Waals surface area contributed by atoms with Crippen molar-refractivity contribution in [3.8, 4) is 5.75 Å². The van der Waals surface area contributed by atoms with Crippen molar-refractivity contribution >= 4 is 0 Å². The predicted molar refractivity (Wildman–Crippen MR) is 70.9 cm³/mol. The van der Waals surface area contributed by atoms with Crippen molar-refractivity contribution in [3.63, 3.8) is 0 Å². The Labute approximate surface area is 109 Å². The smallest absolute Gasteiger partial charge is 0.119 e. The maximum Gasteiger partial charge on any atom is 0.119 e. The maximum atomic E-state index is 8.86. The minimum atomic E-state index is 0.193. The first kappa shape index (κ1) is 13.4. The van der Waals surface area contributed by atoms with Crippen LogP contribution in [-0.2, 0) is 11.2 Å². The normalized spacial score (nSPS) is 23.9. The number of hydrogen-bond acceptors (Lipinski definition) is 3.